The van der Waals surface area contributed by atoms with Crippen molar-refractivity contribution < 1.29 is 14.4 Å². The average Bonchev–Trinajstić information content (AvgIpc) is 3.35. The molecule has 0 radical (unpaired) electrons. The van der Waals surface area contributed by atoms with Gasteiger partial charge in [0.25, 0.3) is 5.91 Å². The number of benzene rings is 1. The van der Waals surface area contributed by atoms with Crippen molar-refractivity contribution in [3.05, 3.63) is 58.9 Å². The first-order chi connectivity index (χ1) is 15.5. The number of carbonyl (C=O) groups excluding carboxylic acids is 3. The van der Waals surface area contributed by atoms with Crippen molar-refractivity contribution in [2.75, 3.05) is 6.54 Å². The molecule has 1 saturated heterocycles. The number of imide groups is 1. The van der Waals surface area contributed by atoms with Gasteiger partial charge in [-0.2, -0.15) is 0 Å². The minimum atomic E-state index is -0.588. The van der Waals surface area contributed by atoms with Crippen molar-refractivity contribution in [3.63, 3.8) is 0 Å². The molecule has 3 N–H and O–H groups in total. The van der Waals surface area contributed by atoms with Gasteiger partial charge in [0.1, 0.15) is 6.04 Å². The molecule has 1 aromatic heterocycles. The molecule has 1 spiro atoms. The molecule has 8 nitrogen and oxygen atoms in total. The second kappa shape index (κ2) is 7.02. The fraction of sp³-hybridized carbons (Fsp3) is 0.458. The number of nitrogens with two attached hydrogens (primary N) is 1. The van der Waals surface area contributed by atoms with E-state index < -0.39 is 6.04 Å². The number of aromatic nitrogens is 1. The summed E-state index contributed by atoms with van der Waals surface area (Å²) in [6, 6.07) is 9.83. The zero-order valence-electron chi connectivity index (χ0n) is 17.9. The number of piperidine rings is 1. The van der Waals surface area contributed by atoms with Gasteiger partial charge in [-0.1, -0.05) is 12.1 Å². The number of nitrogens with one attached hydrogen (secondary N) is 1. The van der Waals surface area contributed by atoms with Crippen molar-refractivity contribution >= 4 is 17.7 Å². The number of amides is 3. The topological polar surface area (TPSA) is 101 Å². The van der Waals surface area contributed by atoms with Crippen molar-refractivity contribution in [3.8, 4) is 0 Å². The number of nitrogens with zero attached hydrogens (tertiary/aromatic N) is 3. The Balaban J connectivity index is 1.29. The Morgan fingerprint density at radius 3 is 2.72 bits per heavy atom. The lowest BCUT2D eigenvalue weighted by Crippen LogP contribution is -2.62. The highest BCUT2D eigenvalue weighted by atomic mass is 16.2. The lowest BCUT2D eigenvalue weighted by atomic mass is 9.68. The molecule has 0 bridgehead atoms. The van der Waals surface area contributed by atoms with Crippen LogP contribution < -0.4 is 11.1 Å². The lowest BCUT2D eigenvalue weighted by molar-refractivity contribution is -0.136. The quantitative estimate of drug-likeness (QED) is 0.706. The standard InChI is InChI=1S/C24H27N5O3/c25-16-11-24(12-16)20-5-2-8-27(20)9-10-28(24)13-15-3-1-4-17-18(15)14-29(23(17)32)19-6-7-21(30)26-22(19)31/h1-5,8,16,19H,6-7,9-14,25H2,(H,26,30,31). The van der Waals surface area contributed by atoms with E-state index in [1.807, 2.05) is 12.1 Å². The summed E-state index contributed by atoms with van der Waals surface area (Å²) in [7, 11) is 0. The predicted octanol–water partition coefficient (Wildman–Crippen LogP) is 1.08. The minimum Gasteiger partial charge on any atom is -0.348 e. The zero-order valence-corrected chi connectivity index (χ0v) is 17.9. The molecule has 1 unspecified atom stereocenters. The first kappa shape index (κ1) is 19.7. The van der Waals surface area contributed by atoms with E-state index in [4.69, 9.17) is 5.73 Å². The number of hydrogen-bond acceptors (Lipinski definition) is 5. The first-order valence-corrected chi connectivity index (χ1v) is 11.4. The maximum atomic E-state index is 13.2. The summed E-state index contributed by atoms with van der Waals surface area (Å²) in [5.74, 6) is -0.762. The SMILES string of the molecule is NC1CC2(C1)c1cccn1CCN2Cc1cccc2c1CN(C1CCC(=O)NC1=O)C2=O. The summed E-state index contributed by atoms with van der Waals surface area (Å²) in [6.07, 6.45) is 4.67. The Morgan fingerprint density at radius 2 is 1.94 bits per heavy atom. The highest BCUT2D eigenvalue weighted by Crippen LogP contribution is 2.48. The van der Waals surface area contributed by atoms with Crippen molar-refractivity contribution in [1.82, 2.24) is 19.7 Å². The highest BCUT2D eigenvalue weighted by molar-refractivity contribution is 6.05. The average molecular weight is 434 g/mol. The predicted molar refractivity (Wildman–Crippen MR) is 116 cm³/mol. The van der Waals surface area contributed by atoms with E-state index >= 15 is 0 Å². The van der Waals surface area contributed by atoms with Gasteiger partial charge < -0.3 is 15.2 Å². The van der Waals surface area contributed by atoms with E-state index in [-0.39, 0.29) is 35.7 Å². The molecule has 32 heavy (non-hydrogen) atoms. The third-order valence-electron chi connectivity index (χ3n) is 7.76. The largest absolute Gasteiger partial charge is 0.348 e. The summed E-state index contributed by atoms with van der Waals surface area (Å²) in [4.78, 5) is 41.3. The van der Waals surface area contributed by atoms with E-state index in [9.17, 15) is 14.4 Å². The minimum absolute atomic E-state index is 0.0458. The number of carbonyl (C=O) groups is 3. The van der Waals surface area contributed by atoms with Gasteiger partial charge in [-0.3, -0.25) is 24.6 Å². The fourth-order valence-corrected chi connectivity index (χ4v) is 6.15. The molecule has 1 aliphatic carbocycles. The van der Waals surface area contributed by atoms with Crippen LogP contribution in [0.15, 0.2) is 36.5 Å². The molecule has 2 fully saturated rings. The second-order valence-electron chi connectivity index (χ2n) is 9.55. The molecule has 4 heterocycles. The Morgan fingerprint density at radius 1 is 1.09 bits per heavy atom. The van der Waals surface area contributed by atoms with E-state index in [1.54, 1.807) is 4.90 Å². The molecule has 1 saturated carbocycles. The van der Waals surface area contributed by atoms with Crippen LogP contribution in [-0.2, 0) is 34.8 Å². The monoisotopic (exact) mass is 433 g/mol. The highest BCUT2D eigenvalue weighted by Gasteiger charge is 2.51. The van der Waals surface area contributed by atoms with Gasteiger partial charge in [-0.05, 0) is 48.6 Å². The summed E-state index contributed by atoms with van der Waals surface area (Å²) >= 11 is 0. The van der Waals surface area contributed by atoms with Crippen LogP contribution in [-0.4, -0.2) is 50.7 Å². The molecule has 4 aliphatic rings. The number of rotatable bonds is 3. The molecular weight excluding hydrogens is 406 g/mol. The van der Waals surface area contributed by atoms with Crippen LogP contribution >= 0.6 is 0 Å². The molecule has 8 heteroatoms. The van der Waals surface area contributed by atoms with Gasteiger partial charge in [-0.15, -0.1) is 0 Å². The van der Waals surface area contributed by atoms with E-state index in [1.165, 1.54) is 5.69 Å². The smallest absolute Gasteiger partial charge is 0.255 e. The van der Waals surface area contributed by atoms with Crippen LogP contribution in [0.2, 0.25) is 0 Å². The van der Waals surface area contributed by atoms with Crippen LogP contribution in [0.4, 0.5) is 0 Å². The van der Waals surface area contributed by atoms with Gasteiger partial charge in [0.2, 0.25) is 11.8 Å². The van der Waals surface area contributed by atoms with Crippen LogP contribution in [0, 0.1) is 0 Å². The molecule has 2 aromatic rings. The van der Waals surface area contributed by atoms with Crippen LogP contribution in [0.1, 0.15) is 52.9 Å². The summed E-state index contributed by atoms with van der Waals surface area (Å²) in [6.45, 7) is 3.03. The Labute approximate surface area is 186 Å². The number of hydrogen-bond donors (Lipinski definition) is 2. The van der Waals surface area contributed by atoms with Crippen molar-refractivity contribution in [2.45, 2.75) is 62.9 Å². The molecule has 1 atom stereocenters. The number of fused-ring (bicyclic) bond motifs is 3. The normalized spacial score (nSPS) is 29.7. The molecular formula is C24H27N5O3. The zero-order chi connectivity index (χ0) is 22.0. The Kier molecular flexibility index (Phi) is 4.32. The van der Waals surface area contributed by atoms with Gasteiger partial charge in [-0.25, -0.2) is 0 Å². The third-order valence-corrected chi connectivity index (χ3v) is 7.76. The summed E-state index contributed by atoms with van der Waals surface area (Å²) in [5, 5.41) is 2.38. The van der Waals surface area contributed by atoms with Gasteiger partial charge >= 0.3 is 0 Å². The molecule has 166 valence electrons. The molecule has 3 amide bonds. The van der Waals surface area contributed by atoms with Crippen molar-refractivity contribution in [1.29, 1.82) is 0 Å². The van der Waals surface area contributed by atoms with E-state index in [2.05, 4.69) is 39.2 Å². The summed E-state index contributed by atoms with van der Waals surface area (Å²) in [5.41, 5.74) is 10.3. The molecule has 6 rings (SSSR count). The lowest BCUT2D eigenvalue weighted by Gasteiger charge is -2.56. The summed E-state index contributed by atoms with van der Waals surface area (Å²) < 4.78 is 2.34. The Hall–Kier alpha value is -2.97. The van der Waals surface area contributed by atoms with Crippen molar-refractivity contribution in [2.24, 2.45) is 5.73 Å². The Bertz CT molecular complexity index is 1130. The van der Waals surface area contributed by atoms with Crippen LogP contribution in [0.5, 0.6) is 0 Å². The molecule has 1 aromatic carbocycles. The van der Waals surface area contributed by atoms with Crippen LogP contribution in [0.3, 0.4) is 0 Å². The van der Waals surface area contributed by atoms with E-state index in [0.717, 1.165) is 43.6 Å². The van der Waals surface area contributed by atoms with Crippen LogP contribution in [0.25, 0.3) is 0 Å². The van der Waals surface area contributed by atoms with Gasteiger partial charge in [0.15, 0.2) is 0 Å². The maximum absolute atomic E-state index is 13.2. The first-order valence-electron chi connectivity index (χ1n) is 11.4. The van der Waals surface area contributed by atoms with Gasteiger partial charge in [0.05, 0.1) is 5.54 Å². The third kappa shape index (κ3) is 2.79. The van der Waals surface area contributed by atoms with Gasteiger partial charge in [0, 0.05) is 56.1 Å². The maximum Gasteiger partial charge on any atom is 0.255 e. The second-order valence-corrected chi connectivity index (χ2v) is 9.55. The van der Waals surface area contributed by atoms with E-state index in [0.29, 0.717) is 18.5 Å². The fourth-order valence-electron chi connectivity index (χ4n) is 6.15. The molecule has 3 aliphatic heterocycles.